The first-order valence-corrected chi connectivity index (χ1v) is 20.4. The van der Waals surface area contributed by atoms with Crippen molar-refractivity contribution < 1.29 is 38.7 Å². The fraction of sp³-hybridized carbons (Fsp3) is 0.667. The van der Waals surface area contributed by atoms with Crippen LogP contribution in [-0.2, 0) is 46.4 Å². The van der Waals surface area contributed by atoms with Gasteiger partial charge < -0.3 is 15.3 Å². The number of unbranched alkanes of at least 4 members (excludes halogenated alkanes) is 1. The van der Waals surface area contributed by atoms with Crippen molar-refractivity contribution in [3.8, 4) is 0 Å². The van der Waals surface area contributed by atoms with Gasteiger partial charge in [-0.15, -0.1) is 10.2 Å². The number of aromatic amines is 1. The monoisotopic (exact) mass is 776 g/mol. The fourth-order valence-electron chi connectivity index (χ4n) is 8.50. The number of benzene rings is 1. The number of H-pyrrole nitrogens is 1. The highest BCUT2D eigenvalue weighted by atomic mass is 16.4. The van der Waals surface area contributed by atoms with Gasteiger partial charge in [-0.1, -0.05) is 83.0 Å². The number of tetrazole rings is 1. The molecule has 1 saturated heterocycles. The van der Waals surface area contributed by atoms with Gasteiger partial charge in [0.1, 0.15) is 11.8 Å². The molecule has 1 aromatic heterocycles. The maximum absolute atomic E-state index is 14.4. The molecule has 0 spiro atoms. The Labute approximate surface area is 329 Å². The minimum atomic E-state index is -1.17. The third kappa shape index (κ3) is 11.9. The van der Waals surface area contributed by atoms with E-state index in [2.05, 4.69) is 25.9 Å². The molecule has 1 aliphatic heterocycles. The van der Waals surface area contributed by atoms with Crippen LogP contribution in [-0.4, -0.2) is 90.2 Å². The van der Waals surface area contributed by atoms with E-state index >= 15 is 0 Å². The van der Waals surface area contributed by atoms with Gasteiger partial charge in [0.25, 0.3) is 0 Å². The molecule has 2 amide bonds. The highest BCUT2D eigenvalue weighted by Crippen LogP contribution is 2.43. The SMILES string of the molecule is CCCC(CC(=O)C1[C@H]2CCC[C@H]2CN1C(=O)[C@@H](NC(=O)[C@H](CC(=O)CCCCc1nn[nH]n1)C(C)C)C(C)C)C(=O)C(=O)C[C@@H](Cc1ccccc1)C(=O)O. The number of ketones is 4. The Morgan fingerprint density at radius 1 is 0.929 bits per heavy atom. The van der Waals surface area contributed by atoms with Crippen LogP contribution in [0.1, 0.15) is 117 Å². The Kier molecular flexibility index (Phi) is 16.6. The summed E-state index contributed by atoms with van der Waals surface area (Å²) < 4.78 is 0. The average molecular weight is 777 g/mol. The van der Waals surface area contributed by atoms with E-state index in [1.807, 2.05) is 40.7 Å². The fourth-order valence-corrected chi connectivity index (χ4v) is 8.50. The predicted octanol–water partition coefficient (Wildman–Crippen LogP) is 4.76. The maximum atomic E-state index is 14.4. The van der Waals surface area contributed by atoms with Gasteiger partial charge in [0.05, 0.1) is 12.0 Å². The summed E-state index contributed by atoms with van der Waals surface area (Å²) in [6, 6.07) is 7.19. The Hall–Kier alpha value is -4.62. The average Bonchev–Trinajstić information content (AvgIpc) is 3.92. The standard InChI is InChI=1S/C42H60N6O8/c1-6-13-28(39(52)35(51)22-30(42(55)56)20-27-14-8-7-9-15-27)21-34(50)38-32-18-12-16-29(32)24-48(38)41(54)37(26(4)5)43-40(53)33(25(2)3)23-31(49)17-10-11-19-36-44-46-47-45-36/h7-9,14-15,25-26,28-30,32-33,37-38H,6,10-13,16-24H2,1-5H3,(H,43,53)(H,55,56)(H,44,45,46,47)/t28?,29-,30+,32-,33+,37-,38?/m0/s1. The van der Waals surface area contributed by atoms with E-state index in [0.29, 0.717) is 44.5 Å². The molecule has 14 nitrogen and oxygen atoms in total. The normalized spacial score (nSPS) is 20.0. The van der Waals surface area contributed by atoms with Crippen LogP contribution in [0.4, 0.5) is 0 Å². The van der Waals surface area contributed by atoms with Gasteiger partial charge in [-0.25, -0.2) is 0 Å². The minimum Gasteiger partial charge on any atom is -0.481 e. The molecule has 2 unspecified atom stereocenters. The smallest absolute Gasteiger partial charge is 0.307 e. The summed E-state index contributed by atoms with van der Waals surface area (Å²) in [6.07, 6.45) is 5.02. The molecule has 14 heteroatoms. The lowest BCUT2D eigenvalue weighted by molar-refractivity contribution is -0.147. The number of carbonyl (C=O) groups excluding carboxylic acids is 6. The lowest BCUT2D eigenvalue weighted by atomic mass is 9.83. The molecule has 2 heterocycles. The third-order valence-electron chi connectivity index (χ3n) is 11.7. The molecule has 1 aliphatic carbocycles. The number of fused-ring (bicyclic) bond motifs is 1. The summed E-state index contributed by atoms with van der Waals surface area (Å²) in [6.45, 7) is 9.63. The van der Waals surface area contributed by atoms with Crippen molar-refractivity contribution in [2.45, 2.75) is 130 Å². The summed E-state index contributed by atoms with van der Waals surface area (Å²) in [7, 11) is 0. The van der Waals surface area contributed by atoms with Gasteiger partial charge >= 0.3 is 5.97 Å². The van der Waals surface area contributed by atoms with Gasteiger partial charge in [-0.2, -0.15) is 5.21 Å². The van der Waals surface area contributed by atoms with Crippen LogP contribution in [0.25, 0.3) is 0 Å². The van der Waals surface area contributed by atoms with Crippen LogP contribution < -0.4 is 5.32 Å². The topological polar surface area (TPSA) is 209 Å². The number of nitrogens with zero attached hydrogens (tertiary/aromatic N) is 4. The Morgan fingerprint density at radius 3 is 2.29 bits per heavy atom. The number of rotatable bonds is 24. The maximum Gasteiger partial charge on any atom is 0.307 e. The molecule has 306 valence electrons. The summed E-state index contributed by atoms with van der Waals surface area (Å²) in [5, 5.41) is 26.6. The van der Waals surface area contributed by atoms with E-state index in [0.717, 1.165) is 24.8 Å². The first-order chi connectivity index (χ1) is 26.7. The van der Waals surface area contributed by atoms with E-state index in [9.17, 15) is 38.7 Å². The Bertz CT molecular complexity index is 1660. The second kappa shape index (κ2) is 21.1. The van der Waals surface area contributed by atoms with Crippen molar-refractivity contribution in [1.29, 1.82) is 0 Å². The van der Waals surface area contributed by atoms with Crippen molar-refractivity contribution in [2.75, 3.05) is 6.54 Å². The van der Waals surface area contributed by atoms with Gasteiger partial charge in [0.2, 0.25) is 17.6 Å². The number of carbonyl (C=O) groups is 7. The van der Waals surface area contributed by atoms with Crippen LogP contribution in [0.3, 0.4) is 0 Å². The van der Waals surface area contributed by atoms with Crippen LogP contribution in [0.2, 0.25) is 0 Å². The lowest BCUT2D eigenvalue weighted by Gasteiger charge is -2.33. The number of Topliss-reactive ketones (excluding diaryl/α,β-unsaturated/α-hetero) is 4. The Morgan fingerprint density at radius 2 is 1.66 bits per heavy atom. The zero-order valence-electron chi connectivity index (χ0n) is 33.6. The number of hydrogen-bond donors (Lipinski definition) is 3. The third-order valence-corrected chi connectivity index (χ3v) is 11.7. The van der Waals surface area contributed by atoms with Gasteiger partial charge in [-0.3, -0.25) is 33.6 Å². The lowest BCUT2D eigenvalue weighted by Crippen LogP contribution is -2.56. The second-order valence-corrected chi connectivity index (χ2v) is 16.5. The molecule has 4 rings (SSSR count). The first kappa shape index (κ1) is 44.1. The summed E-state index contributed by atoms with van der Waals surface area (Å²) in [4.78, 5) is 96.1. The molecule has 3 N–H and O–H groups in total. The van der Waals surface area contributed by atoms with Crippen molar-refractivity contribution in [3.05, 3.63) is 41.7 Å². The molecular weight excluding hydrogens is 716 g/mol. The van der Waals surface area contributed by atoms with E-state index in [1.54, 1.807) is 29.2 Å². The highest BCUT2D eigenvalue weighted by Gasteiger charge is 2.51. The molecule has 0 radical (unpaired) electrons. The summed E-state index contributed by atoms with van der Waals surface area (Å²) in [5.74, 6) is -6.33. The molecular formula is C42H60N6O8. The summed E-state index contributed by atoms with van der Waals surface area (Å²) in [5.41, 5.74) is 0.742. The predicted molar refractivity (Wildman–Crippen MR) is 207 cm³/mol. The zero-order valence-corrected chi connectivity index (χ0v) is 33.6. The highest BCUT2D eigenvalue weighted by molar-refractivity contribution is 6.38. The Balaban J connectivity index is 1.43. The van der Waals surface area contributed by atoms with E-state index in [4.69, 9.17) is 0 Å². The summed E-state index contributed by atoms with van der Waals surface area (Å²) >= 11 is 0. The minimum absolute atomic E-state index is 0.0400. The first-order valence-electron chi connectivity index (χ1n) is 20.4. The van der Waals surface area contributed by atoms with Crippen LogP contribution in [0, 0.1) is 41.4 Å². The number of carboxylic acids is 1. The number of aromatic nitrogens is 4. The molecule has 56 heavy (non-hydrogen) atoms. The number of likely N-dealkylation sites (tertiary alicyclic amines) is 1. The second-order valence-electron chi connectivity index (χ2n) is 16.5. The number of amides is 2. The van der Waals surface area contributed by atoms with Crippen LogP contribution >= 0.6 is 0 Å². The van der Waals surface area contributed by atoms with Crippen LogP contribution in [0.15, 0.2) is 30.3 Å². The molecule has 7 atom stereocenters. The number of aliphatic carboxylic acids is 1. The van der Waals surface area contributed by atoms with Crippen molar-refractivity contribution in [3.63, 3.8) is 0 Å². The van der Waals surface area contributed by atoms with Gasteiger partial charge in [0, 0.05) is 50.5 Å². The molecule has 1 saturated carbocycles. The molecule has 0 bridgehead atoms. The van der Waals surface area contributed by atoms with Gasteiger partial charge in [-0.05, 0) is 67.8 Å². The molecule has 2 aromatic rings. The molecule has 2 fully saturated rings. The van der Waals surface area contributed by atoms with Crippen LogP contribution in [0.5, 0.6) is 0 Å². The van der Waals surface area contributed by atoms with Crippen molar-refractivity contribution >= 4 is 40.9 Å². The van der Waals surface area contributed by atoms with Crippen molar-refractivity contribution in [1.82, 2.24) is 30.8 Å². The van der Waals surface area contributed by atoms with E-state index in [1.165, 1.54) is 0 Å². The zero-order chi connectivity index (χ0) is 40.9. The van der Waals surface area contributed by atoms with E-state index < -0.39 is 53.8 Å². The van der Waals surface area contributed by atoms with Crippen molar-refractivity contribution in [2.24, 2.45) is 41.4 Å². The number of carboxylic acid groups (broad SMARTS) is 1. The number of hydrogen-bond acceptors (Lipinski definition) is 10. The van der Waals surface area contributed by atoms with E-state index in [-0.39, 0.29) is 72.7 Å². The molecule has 1 aromatic carbocycles. The number of aryl methyl sites for hydroxylation is 1. The quantitative estimate of drug-likeness (QED) is 0.0978. The largest absolute Gasteiger partial charge is 0.481 e. The number of nitrogens with one attached hydrogen (secondary N) is 2. The molecule has 2 aliphatic rings. The van der Waals surface area contributed by atoms with Gasteiger partial charge in [0.15, 0.2) is 17.4 Å².